The molecule has 0 spiro atoms. The highest BCUT2D eigenvalue weighted by atomic mass is 16.6. The Morgan fingerprint density at radius 3 is 2.40 bits per heavy atom. The monoisotopic (exact) mass is 408 g/mol. The molecule has 0 fully saturated rings. The summed E-state index contributed by atoms with van der Waals surface area (Å²) in [5.41, 5.74) is 3.34. The molecule has 5 heteroatoms. The number of hydrogen-bond acceptors (Lipinski definition) is 5. The van der Waals surface area contributed by atoms with E-state index in [1.165, 1.54) is 5.56 Å². The lowest BCUT2D eigenvalue weighted by molar-refractivity contribution is -0.150. The average molecular weight is 408 g/mol. The summed E-state index contributed by atoms with van der Waals surface area (Å²) in [7, 11) is 0. The van der Waals surface area contributed by atoms with E-state index in [-0.39, 0.29) is 23.6 Å². The zero-order valence-corrected chi connectivity index (χ0v) is 18.4. The van der Waals surface area contributed by atoms with E-state index in [0.29, 0.717) is 22.6 Å². The molecule has 1 aliphatic rings. The van der Waals surface area contributed by atoms with Crippen molar-refractivity contribution in [3.8, 4) is 11.5 Å². The number of ether oxygens (including phenoxy) is 3. The van der Waals surface area contributed by atoms with E-state index in [9.17, 15) is 9.59 Å². The third kappa shape index (κ3) is 4.40. The Labute approximate surface area is 177 Å². The molecule has 0 aromatic heterocycles. The van der Waals surface area contributed by atoms with Gasteiger partial charge in [0.1, 0.15) is 11.5 Å². The number of rotatable bonds is 5. The summed E-state index contributed by atoms with van der Waals surface area (Å²) in [6.07, 6.45) is 0.992. The van der Waals surface area contributed by atoms with E-state index in [4.69, 9.17) is 14.2 Å². The Balaban J connectivity index is 1.83. The van der Waals surface area contributed by atoms with Crippen LogP contribution in [0.3, 0.4) is 0 Å². The minimum Gasteiger partial charge on any atom is -0.479 e. The van der Waals surface area contributed by atoms with Crippen molar-refractivity contribution >= 4 is 17.8 Å². The Morgan fingerprint density at radius 2 is 1.80 bits per heavy atom. The number of esters is 1. The fraction of sp³-hybridized carbons (Fsp3) is 0.360. The van der Waals surface area contributed by atoms with Crippen LogP contribution in [0.5, 0.6) is 11.5 Å². The summed E-state index contributed by atoms with van der Waals surface area (Å²) in [6, 6.07) is 11.4. The maximum Gasteiger partial charge on any atom is 0.347 e. The summed E-state index contributed by atoms with van der Waals surface area (Å²) in [5, 5.41) is 0. The van der Waals surface area contributed by atoms with Gasteiger partial charge in [-0.15, -0.1) is 0 Å². The van der Waals surface area contributed by atoms with E-state index in [0.717, 1.165) is 5.56 Å². The standard InChI is InChI=1S/C25H28O5/c1-7-28-24(27)16(3)29-20-13-12-19-22(26)21(30-23(19)15(20)2)14-17-8-10-18(11-9-17)25(4,5)6/h8-14,16H,7H2,1-6H3/b21-14-. The number of allylic oxidation sites excluding steroid dienone is 1. The Bertz CT molecular complexity index is 993. The first kappa shape index (κ1) is 21.6. The molecule has 0 N–H and O–H groups in total. The Morgan fingerprint density at radius 1 is 1.13 bits per heavy atom. The Hall–Kier alpha value is -3.08. The van der Waals surface area contributed by atoms with Gasteiger partial charge in [0.25, 0.3) is 0 Å². The molecule has 1 atom stereocenters. The minimum atomic E-state index is -0.754. The maximum absolute atomic E-state index is 12.8. The SMILES string of the molecule is CCOC(=O)C(C)Oc1ccc2c(c1C)O/C(=C\c1ccc(C(C)(C)C)cc1)C2=O. The number of carbonyl (C=O) groups excluding carboxylic acids is 2. The number of fused-ring (bicyclic) bond motifs is 1. The van der Waals surface area contributed by atoms with Crippen molar-refractivity contribution in [3.05, 3.63) is 64.4 Å². The molecule has 3 rings (SSSR count). The maximum atomic E-state index is 12.8. The van der Waals surface area contributed by atoms with Crippen molar-refractivity contribution in [1.29, 1.82) is 0 Å². The van der Waals surface area contributed by atoms with Crippen LogP contribution in [0.1, 0.15) is 61.7 Å². The molecule has 1 aliphatic heterocycles. The normalized spacial score (nSPS) is 15.5. The van der Waals surface area contributed by atoms with Crippen molar-refractivity contribution < 1.29 is 23.8 Å². The molecule has 1 unspecified atom stereocenters. The highest BCUT2D eigenvalue weighted by Gasteiger charge is 2.31. The number of benzene rings is 2. The molecule has 0 saturated heterocycles. The third-order valence-electron chi connectivity index (χ3n) is 5.03. The molecule has 0 saturated carbocycles. The van der Waals surface area contributed by atoms with Crippen molar-refractivity contribution in [1.82, 2.24) is 0 Å². The van der Waals surface area contributed by atoms with Gasteiger partial charge in [-0.3, -0.25) is 4.79 Å². The first-order valence-electron chi connectivity index (χ1n) is 10.1. The molecular weight excluding hydrogens is 380 g/mol. The van der Waals surface area contributed by atoms with Crippen LogP contribution in [0, 0.1) is 6.92 Å². The summed E-state index contributed by atoms with van der Waals surface area (Å²) in [4.78, 5) is 24.6. The van der Waals surface area contributed by atoms with E-state index in [2.05, 4.69) is 32.9 Å². The van der Waals surface area contributed by atoms with Crippen LogP contribution in [0.4, 0.5) is 0 Å². The van der Waals surface area contributed by atoms with E-state index in [1.807, 2.05) is 12.1 Å². The topological polar surface area (TPSA) is 61.8 Å². The van der Waals surface area contributed by atoms with E-state index < -0.39 is 12.1 Å². The third-order valence-corrected chi connectivity index (χ3v) is 5.03. The second-order valence-corrected chi connectivity index (χ2v) is 8.39. The number of Topliss-reactive ketones (excluding diaryl/α,β-unsaturated/α-hetero) is 1. The van der Waals surface area contributed by atoms with Gasteiger partial charge in [-0.05, 0) is 55.5 Å². The van der Waals surface area contributed by atoms with E-state index in [1.54, 1.807) is 39.0 Å². The van der Waals surface area contributed by atoms with Crippen LogP contribution in [0.2, 0.25) is 0 Å². The molecule has 0 radical (unpaired) electrons. The summed E-state index contributed by atoms with van der Waals surface area (Å²) >= 11 is 0. The van der Waals surface area contributed by atoms with Crippen LogP contribution in [0.25, 0.3) is 6.08 Å². The predicted octanol–water partition coefficient (Wildman–Crippen LogP) is 5.24. The van der Waals surface area contributed by atoms with Gasteiger partial charge >= 0.3 is 5.97 Å². The van der Waals surface area contributed by atoms with Gasteiger partial charge in [0.2, 0.25) is 5.78 Å². The van der Waals surface area contributed by atoms with Gasteiger partial charge in [-0.2, -0.15) is 0 Å². The zero-order valence-electron chi connectivity index (χ0n) is 18.4. The molecule has 0 amide bonds. The lowest BCUT2D eigenvalue weighted by atomic mass is 9.86. The number of carbonyl (C=O) groups is 2. The fourth-order valence-corrected chi connectivity index (χ4v) is 3.22. The minimum absolute atomic E-state index is 0.0653. The zero-order chi connectivity index (χ0) is 22.1. The average Bonchev–Trinajstić information content (AvgIpc) is 3.00. The second-order valence-electron chi connectivity index (χ2n) is 8.39. The van der Waals surface area contributed by atoms with Crippen molar-refractivity contribution in [2.75, 3.05) is 6.61 Å². The molecule has 2 aromatic carbocycles. The molecule has 0 aliphatic carbocycles. The van der Waals surface area contributed by atoms with Crippen LogP contribution in [-0.4, -0.2) is 24.5 Å². The van der Waals surface area contributed by atoms with Gasteiger partial charge < -0.3 is 14.2 Å². The first-order valence-corrected chi connectivity index (χ1v) is 10.1. The predicted molar refractivity (Wildman–Crippen MR) is 116 cm³/mol. The second kappa shape index (κ2) is 8.34. The van der Waals surface area contributed by atoms with Crippen molar-refractivity contribution in [2.45, 2.75) is 53.1 Å². The molecule has 2 aromatic rings. The van der Waals surface area contributed by atoms with Crippen molar-refractivity contribution in [2.24, 2.45) is 0 Å². The van der Waals surface area contributed by atoms with Gasteiger partial charge in [-0.1, -0.05) is 45.0 Å². The van der Waals surface area contributed by atoms with Crippen LogP contribution in [-0.2, 0) is 14.9 Å². The van der Waals surface area contributed by atoms with Crippen LogP contribution in [0.15, 0.2) is 42.2 Å². The molecule has 158 valence electrons. The smallest absolute Gasteiger partial charge is 0.347 e. The largest absolute Gasteiger partial charge is 0.479 e. The summed E-state index contributed by atoms with van der Waals surface area (Å²) in [6.45, 7) is 11.9. The lowest BCUT2D eigenvalue weighted by Crippen LogP contribution is -2.26. The molecule has 5 nitrogen and oxygen atoms in total. The summed E-state index contributed by atoms with van der Waals surface area (Å²) in [5.74, 6) is 0.614. The highest BCUT2D eigenvalue weighted by Crippen LogP contribution is 2.39. The molecular formula is C25H28O5. The van der Waals surface area contributed by atoms with E-state index >= 15 is 0 Å². The van der Waals surface area contributed by atoms with Gasteiger partial charge in [0.05, 0.1) is 12.2 Å². The first-order chi connectivity index (χ1) is 14.1. The van der Waals surface area contributed by atoms with Gasteiger partial charge in [0.15, 0.2) is 11.9 Å². The molecule has 30 heavy (non-hydrogen) atoms. The quantitative estimate of drug-likeness (QED) is 0.500. The molecule has 0 bridgehead atoms. The highest BCUT2D eigenvalue weighted by molar-refractivity contribution is 6.15. The molecule has 1 heterocycles. The van der Waals surface area contributed by atoms with Gasteiger partial charge in [0, 0.05) is 5.56 Å². The number of ketones is 1. The van der Waals surface area contributed by atoms with Crippen LogP contribution < -0.4 is 9.47 Å². The lowest BCUT2D eigenvalue weighted by Gasteiger charge is -2.18. The Kier molecular flexibility index (Phi) is 6.01. The number of hydrogen-bond donors (Lipinski definition) is 0. The van der Waals surface area contributed by atoms with Crippen molar-refractivity contribution in [3.63, 3.8) is 0 Å². The van der Waals surface area contributed by atoms with Gasteiger partial charge in [-0.25, -0.2) is 4.79 Å². The summed E-state index contributed by atoms with van der Waals surface area (Å²) < 4.78 is 16.6. The fourth-order valence-electron chi connectivity index (χ4n) is 3.22. The van der Waals surface area contributed by atoms with Crippen LogP contribution >= 0.6 is 0 Å².